The van der Waals surface area contributed by atoms with Crippen LogP contribution in [0.15, 0.2) is 4.42 Å². The van der Waals surface area contributed by atoms with Gasteiger partial charge in [-0.15, -0.1) is 5.10 Å². The standard InChI is InChI=1S/C10H18N6O3/c1-3-13-6(2)9-14-15-10(19-9)16(4-7(11)17)5-8(12)18/h6,13H,3-5H2,1-2H3,(H2,11,17)(H2,12,18). The fourth-order valence-electron chi connectivity index (χ4n) is 1.49. The van der Waals surface area contributed by atoms with Crippen molar-refractivity contribution >= 4 is 17.8 Å². The number of amides is 2. The van der Waals surface area contributed by atoms with Gasteiger partial charge in [0.05, 0.1) is 6.04 Å². The van der Waals surface area contributed by atoms with Crippen LogP contribution < -0.4 is 21.7 Å². The summed E-state index contributed by atoms with van der Waals surface area (Å²) in [6.07, 6.45) is 0. The summed E-state index contributed by atoms with van der Waals surface area (Å²) in [5.41, 5.74) is 10.2. The Kier molecular flexibility index (Phi) is 5.24. The van der Waals surface area contributed by atoms with Gasteiger partial charge < -0.3 is 26.1 Å². The van der Waals surface area contributed by atoms with E-state index in [4.69, 9.17) is 15.9 Å². The summed E-state index contributed by atoms with van der Waals surface area (Å²) < 4.78 is 5.39. The topological polar surface area (TPSA) is 140 Å². The number of aromatic nitrogens is 2. The van der Waals surface area contributed by atoms with Crippen LogP contribution >= 0.6 is 0 Å². The smallest absolute Gasteiger partial charge is 0.319 e. The van der Waals surface area contributed by atoms with E-state index < -0.39 is 11.8 Å². The molecule has 0 aromatic carbocycles. The number of hydrogen-bond donors (Lipinski definition) is 3. The molecule has 0 saturated carbocycles. The van der Waals surface area contributed by atoms with Crippen molar-refractivity contribution in [3.63, 3.8) is 0 Å². The highest BCUT2D eigenvalue weighted by Crippen LogP contribution is 2.16. The lowest BCUT2D eigenvalue weighted by atomic mass is 10.3. The van der Waals surface area contributed by atoms with Gasteiger partial charge in [0.25, 0.3) is 0 Å². The second-order valence-electron chi connectivity index (χ2n) is 3.99. The van der Waals surface area contributed by atoms with Gasteiger partial charge in [-0.3, -0.25) is 9.59 Å². The molecule has 1 heterocycles. The van der Waals surface area contributed by atoms with Crippen molar-refractivity contribution in [1.82, 2.24) is 15.5 Å². The highest BCUT2D eigenvalue weighted by atomic mass is 16.4. The van der Waals surface area contributed by atoms with Crippen molar-refractivity contribution < 1.29 is 14.0 Å². The Bertz CT molecular complexity index is 430. The normalized spacial score (nSPS) is 12.1. The molecule has 1 unspecified atom stereocenters. The average Bonchev–Trinajstić information content (AvgIpc) is 2.76. The van der Waals surface area contributed by atoms with Gasteiger partial charge in [-0.25, -0.2) is 0 Å². The minimum absolute atomic E-state index is 0.0392. The molecule has 9 heteroatoms. The van der Waals surface area contributed by atoms with E-state index in [1.54, 1.807) is 0 Å². The van der Waals surface area contributed by atoms with Crippen LogP contribution in [0.3, 0.4) is 0 Å². The summed E-state index contributed by atoms with van der Waals surface area (Å²) in [6.45, 7) is 4.10. The molecule has 0 aliphatic rings. The highest BCUT2D eigenvalue weighted by molar-refractivity contribution is 5.83. The summed E-state index contributed by atoms with van der Waals surface area (Å²) in [4.78, 5) is 23.1. The molecule has 0 spiro atoms. The zero-order valence-electron chi connectivity index (χ0n) is 10.9. The molecule has 1 atom stereocenters. The van der Waals surface area contributed by atoms with Crippen LogP contribution in [0.25, 0.3) is 0 Å². The fourth-order valence-corrected chi connectivity index (χ4v) is 1.49. The first kappa shape index (κ1) is 14.9. The van der Waals surface area contributed by atoms with Crippen molar-refractivity contribution in [2.75, 3.05) is 24.5 Å². The molecule has 1 aromatic rings. The number of nitrogens with one attached hydrogen (secondary N) is 1. The lowest BCUT2D eigenvalue weighted by Crippen LogP contribution is -2.39. The summed E-state index contributed by atoms with van der Waals surface area (Å²) in [5.74, 6) is -0.891. The van der Waals surface area contributed by atoms with Crippen LogP contribution in [0.4, 0.5) is 6.01 Å². The Morgan fingerprint density at radius 3 is 2.37 bits per heavy atom. The monoisotopic (exact) mass is 270 g/mol. The predicted molar refractivity (Wildman–Crippen MR) is 67.0 cm³/mol. The number of anilines is 1. The fraction of sp³-hybridized carbons (Fsp3) is 0.600. The molecule has 2 amide bonds. The van der Waals surface area contributed by atoms with Gasteiger partial charge >= 0.3 is 6.01 Å². The molecule has 1 rings (SSSR count). The molecule has 0 radical (unpaired) electrons. The average molecular weight is 270 g/mol. The molecule has 1 aromatic heterocycles. The number of carbonyl (C=O) groups is 2. The first-order valence-corrected chi connectivity index (χ1v) is 5.82. The van der Waals surface area contributed by atoms with Crippen LogP contribution in [0.5, 0.6) is 0 Å². The number of hydrogen-bond acceptors (Lipinski definition) is 7. The quantitative estimate of drug-likeness (QED) is 0.523. The van der Waals surface area contributed by atoms with Gasteiger partial charge in [-0.2, -0.15) is 0 Å². The maximum Gasteiger partial charge on any atom is 0.319 e. The molecule has 0 aliphatic heterocycles. The Morgan fingerprint density at radius 1 is 1.32 bits per heavy atom. The van der Waals surface area contributed by atoms with Crippen molar-refractivity contribution in [2.24, 2.45) is 11.5 Å². The zero-order valence-corrected chi connectivity index (χ0v) is 10.9. The van der Waals surface area contributed by atoms with E-state index in [-0.39, 0.29) is 25.1 Å². The lowest BCUT2D eigenvalue weighted by Gasteiger charge is -2.16. The van der Waals surface area contributed by atoms with Gasteiger partial charge in [-0.1, -0.05) is 12.0 Å². The SMILES string of the molecule is CCNC(C)c1nnc(N(CC(N)=O)CC(N)=O)o1. The molecule has 106 valence electrons. The number of nitrogens with zero attached hydrogens (tertiary/aromatic N) is 3. The molecule has 19 heavy (non-hydrogen) atoms. The third kappa shape index (κ3) is 4.54. The highest BCUT2D eigenvalue weighted by Gasteiger charge is 2.20. The van der Waals surface area contributed by atoms with Crippen LogP contribution in [-0.2, 0) is 9.59 Å². The Labute approximate surface area is 110 Å². The van der Waals surface area contributed by atoms with Crippen LogP contribution in [-0.4, -0.2) is 41.6 Å². The number of carbonyl (C=O) groups excluding carboxylic acids is 2. The van der Waals surface area contributed by atoms with Crippen molar-refractivity contribution in [3.8, 4) is 0 Å². The van der Waals surface area contributed by atoms with E-state index in [9.17, 15) is 9.59 Å². The molecule has 0 fully saturated rings. The Morgan fingerprint density at radius 2 is 1.89 bits per heavy atom. The maximum atomic E-state index is 10.9. The Hall–Kier alpha value is -2.16. The lowest BCUT2D eigenvalue weighted by molar-refractivity contribution is -0.117. The van der Waals surface area contributed by atoms with E-state index in [0.717, 1.165) is 6.54 Å². The third-order valence-electron chi connectivity index (χ3n) is 2.27. The van der Waals surface area contributed by atoms with Gasteiger partial charge in [0.1, 0.15) is 13.1 Å². The van der Waals surface area contributed by atoms with Crippen molar-refractivity contribution in [3.05, 3.63) is 5.89 Å². The molecule has 0 saturated heterocycles. The van der Waals surface area contributed by atoms with E-state index in [1.807, 2.05) is 13.8 Å². The Balaban J connectivity index is 2.84. The van der Waals surface area contributed by atoms with Gasteiger partial charge in [0, 0.05) is 0 Å². The van der Waals surface area contributed by atoms with E-state index in [2.05, 4.69) is 15.5 Å². The first-order valence-electron chi connectivity index (χ1n) is 5.82. The van der Waals surface area contributed by atoms with Crippen LogP contribution in [0.2, 0.25) is 0 Å². The van der Waals surface area contributed by atoms with Gasteiger partial charge in [0.15, 0.2) is 0 Å². The maximum absolute atomic E-state index is 10.9. The molecule has 5 N–H and O–H groups in total. The second-order valence-corrected chi connectivity index (χ2v) is 3.99. The summed E-state index contributed by atoms with van der Waals surface area (Å²) in [5, 5.41) is 10.7. The second kappa shape index (κ2) is 6.69. The first-order chi connectivity index (χ1) is 8.93. The summed E-state index contributed by atoms with van der Waals surface area (Å²) in [7, 11) is 0. The molecule has 9 nitrogen and oxygen atoms in total. The largest absolute Gasteiger partial charge is 0.406 e. The summed E-state index contributed by atoms with van der Waals surface area (Å²) >= 11 is 0. The minimum Gasteiger partial charge on any atom is -0.406 e. The van der Waals surface area contributed by atoms with Gasteiger partial charge in [0.2, 0.25) is 17.7 Å². The molecular formula is C10H18N6O3. The number of primary amides is 2. The molecule has 0 aliphatic carbocycles. The zero-order chi connectivity index (χ0) is 14.4. The van der Waals surface area contributed by atoms with Crippen molar-refractivity contribution in [1.29, 1.82) is 0 Å². The predicted octanol–water partition coefficient (Wildman–Crippen LogP) is -1.48. The summed E-state index contributed by atoms with van der Waals surface area (Å²) in [6, 6.07) is -0.0902. The van der Waals surface area contributed by atoms with Gasteiger partial charge in [-0.05, 0) is 13.5 Å². The van der Waals surface area contributed by atoms with Crippen molar-refractivity contribution in [2.45, 2.75) is 19.9 Å². The third-order valence-corrected chi connectivity index (χ3v) is 2.27. The van der Waals surface area contributed by atoms with E-state index >= 15 is 0 Å². The van der Waals surface area contributed by atoms with E-state index in [0.29, 0.717) is 5.89 Å². The minimum atomic E-state index is -0.624. The number of rotatable bonds is 8. The molecule has 0 bridgehead atoms. The number of nitrogens with two attached hydrogens (primary N) is 2. The van der Waals surface area contributed by atoms with Crippen LogP contribution in [0, 0.1) is 0 Å². The van der Waals surface area contributed by atoms with E-state index in [1.165, 1.54) is 4.90 Å². The molecular weight excluding hydrogens is 252 g/mol. The van der Waals surface area contributed by atoms with Crippen LogP contribution in [0.1, 0.15) is 25.8 Å².